The molecule has 1 heterocycles. The summed E-state index contributed by atoms with van der Waals surface area (Å²) < 4.78 is 15.9. The van der Waals surface area contributed by atoms with Crippen LogP contribution in [0.1, 0.15) is 5.82 Å². The van der Waals surface area contributed by atoms with Gasteiger partial charge in [0.1, 0.15) is 17.2 Å². The molecule has 0 bridgehead atoms. The van der Waals surface area contributed by atoms with Crippen molar-refractivity contribution in [3.05, 3.63) is 60.2 Å². The lowest BCUT2D eigenvalue weighted by Crippen LogP contribution is -2.09. The summed E-state index contributed by atoms with van der Waals surface area (Å²) in [6.45, 7) is 0.484. The highest BCUT2D eigenvalue weighted by molar-refractivity contribution is 5.79. The molecule has 0 aliphatic carbocycles. The normalized spacial score (nSPS) is 11.1. The van der Waals surface area contributed by atoms with E-state index in [1.807, 2.05) is 41.0 Å². The third kappa shape index (κ3) is 2.00. The summed E-state index contributed by atoms with van der Waals surface area (Å²) in [5.41, 5.74) is 7.69. The highest BCUT2D eigenvalue weighted by Gasteiger charge is 2.14. The van der Waals surface area contributed by atoms with Gasteiger partial charge in [-0.25, -0.2) is 9.37 Å². The zero-order chi connectivity index (χ0) is 13.2. The van der Waals surface area contributed by atoms with Gasteiger partial charge >= 0.3 is 0 Å². The molecule has 0 saturated heterocycles. The van der Waals surface area contributed by atoms with Crippen molar-refractivity contribution in [2.45, 2.75) is 6.42 Å². The predicted octanol–water partition coefficient (Wildman–Crippen LogP) is 2.67. The number of nitrogens with two attached hydrogens (primary N) is 1. The van der Waals surface area contributed by atoms with Crippen molar-refractivity contribution in [3.63, 3.8) is 0 Å². The molecule has 2 aromatic carbocycles. The van der Waals surface area contributed by atoms with E-state index in [1.54, 1.807) is 6.07 Å². The molecule has 4 heteroatoms. The van der Waals surface area contributed by atoms with Crippen LogP contribution in [-0.2, 0) is 6.42 Å². The Kier molecular flexibility index (Phi) is 3.01. The van der Waals surface area contributed by atoms with E-state index in [1.165, 1.54) is 6.07 Å². The van der Waals surface area contributed by atoms with Gasteiger partial charge in [0, 0.05) is 12.1 Å². The standard InChI is InChI=1S/C15H14FN3/c16-12-7-4-8-13-15(12)19(14(18-13)9-10-17)11-5-2-1-3-6-11/h1-8H,9-10,17H2. The maximum Gasteiger partial charge on any atom is 0.149 e. The molecule has 0 amide bonds. The smallest absolute Gasteiger partial charge is 0.149 e. The first-order valence-electron chi connectivity index (χ1n) is 6.22. The van der Waals surface area contributed by atoms with Gasteiger partial charge in [-0.15, -0.1) is 0 Å². The Balaban J connectivity index is 2.33. The third-order valence-corrected chi connectivity index (χ3v) is 3.08. The van der Waals surface area contributed by atoms with Crippen LogP contribution in [0.5, 0.6) is 0 Å². The summed E-state index contributed by atoms with van der Waals surface area (Å²) in [5.74, 6) is 0.519. The van der Waals surface area contributed by atoms with E-state index in [0.717, 1.165) is 11.5 Å². The first-order chi connectivity index (χ1) is 9.31. The van der Waals surface area contributed by atoms with Gasteiger partial charge in [0.25, 0.3) is 0 Å². The molecule has 3 rings (SSSR count). The van der Waals surface area contributed by atoms with E-state index in [2.05, 4.69) is 4.98 Å². The number of nitrogens with zero attached hydrogens (tertiary/aromatic N) is 2. The van der Waals surface area contributed by atoms with Crippen LogP contribution in [0.25, 0.3) is 16.7 Å². The minimum absolute atomic E-state index is 0.267. The van der Waals surface area contributed by atoms with Gasteiger partial charge in [0.05, 0.1) is 5.52 Å². The van der Waals surface area contributed by atoms with Crippen molar-refractivity contribution < 1.29 is 4.39 Å². The number of rotatable bonds is 3. The summed E-state index contributed by atoms with van der Waals surface area (Å²) in [6, 6.07) is 14.6. The lowest BCUT2D eigenvalue weighted by Gasteiger charge is -2.08. The molecule has 0 aliphatic heterocycles. The second-order valence-corrected chi connectivity index (χ2v) is 4.35. The summed E-state index contributed by atoms with van der Waals surface area (Å²) >= 11 is 0. The van der Waals surface area contributed by atoms with Gasteiger partial charge in [0.15, 0.2) is 0 Å². The summed E-state index contributed by atoms with van der Waals surface area (Å²) in [6.07, 6.45) is 0.614. The highest BCUT2D eigenvalue weighted by Crippen LogP contribution is 2.24. The zero-order valence-corrected chi connectivity index (χ0v) is 10.4. The van der Waals surface area contributed by atoms with E-state index in [9.17, 15) is 4.39 Å². The second-order valence-electron chi connectivity index (χ2n) is 4.35. The minimum atomic E-state index is -0.267. The molecule has 0 spiro atoms. The second kappa shape index (κ2) is 4.82. The number of halogens is 1. The maximum atomic E-state index is 14.1. The SMILES string of the molecule is NCCc1nc2cccc(F)c2n1-c1ccccc1. The van der Waals surface area contributed by atoms with Crippen molar-refractivity contribution in [1.29, 1.82) is 0 Å². The summed E-state index contributed by atoms with van der Waals surface area (Å²) in [7, 11) is 0. The maximum absolute atomic E-state index is 14.1. The number of benzene rings is 2. The van der Waals surface area contributed by atoms with Crippen LogP contribution in [0.3, 0.4) is 0 Å². The van der Waals surface area contributed by atoms with Crippen LogP contribution in [0.4, 0.5) is 4.39 Å². The summed E-state index contributed by atoms with van der Waals surface area (Å²) in [4.78, 5) is 4.48. The number of fused-ring (bicyclic) bond motifs is 1. The van der Waals surface area contributed by atoms with Gasteiger partial charge in [-0.05, 0) is 30.8 Å². The zero-order valence-electron chi connectivity index (χ0n) is 10.4. The van der Waals surface area contributed by atoms with Crippen LogP contribution in [0, 0.1) is 5.82 Å². The van der Waals surface area contributed by atoms with Crippen molar-refractivity contribution in [1.82, 2.24) is 9.55 Å². The molecule has 19 heavy (non-hydrogen) atoms. The third-order valence-electron chi connectivity index (χ3n) is 3.08. The number of hydrogen-bond donors (Lipinski definition) is 1. The molecule has 1 aromatic heterocycles. The van der Waals surface area contributed by atoms with Crippen LogP contribution >= 0.6 is 0 Å². The Labute approximate surface area is 110 Å². The fraction of sp³-hybridized carbons (Fsp3) is 0.133. The van der Waals surface area contributed by atoms with Crippen molar-refractivity contribution >= 4 is 11.0 Å². The fourth-order valence-corrected chi connectivity index (χ4v) is 2.29. The van der Waals surface area contributed by atoms with E-state index in [-0.39, 0.29) is 5.82 Å². The van der Waals surface area contributed by atoms with E-state index < -0.39 is 0 Å². The molecule has 3 aromatic rings. The molecular formula is C15H14FN3. The Morgan fingerprint density at radius 3 is 2.58 bits per heavy atom. The van der Waals surface area contributed by atoms with Crippen molar-refractivity contribution in [3.8, 4) is 5.69 Å². The molecule has 0 aliphatic rings. The molecule has 0 fully saturated rings. The van der Waals surface area contributed by atoms with E-state index >= 15 is 0 Å². The fourth-order valence-electron chi connectivity index (χ4n) is 2.29. The molecule has 0 saturated carbocycles. The highest BCUT2D eigenvalue weighted by atomic mass is 19.1. The molecule has 0 atom stereocenters. The van der Waals surface area contributed by atoms with Crippen LogP contribution < -0.4 is 5.73 Å². The van der Waals surface area contributed by atoms with Gasteiger partial charge in [0.2, 0.25) is 0 Å². The topological polar surface area (TPSA) is 43.8 Å². The predicted molar refractivity (Wildman–Crippen MR) is 73.8 cm³/mol. The van der Waals surface area contributed by atoms with Gasteiger partial charge < -0.3 is 5.73 Å². The summed E-state index contributed by atoms with van der Waals surface area (Å²) in [5, 5.41) is 0. The number of hydrogen-bond acceptors (Lipinski definition) is 2. The van der Waals surface area contributed by atoms with Gasteiger partial charge in [-0.2, -0.15) is 0 Å². The largest absolute Gasteiger partial charge is 0.330 e. The Morgan fingerprint density at radius 2 is 1.84 bits per heavy atom. The van der Waals surface area contributed by atoms with Gasteiger partial charge in [-0.3, -0.25) is 4.57 Å². The average Bonchev–Trinajstić information content (AvgIpc) is 2.80. The quantitative estimate of drug-likeness (QED) is 0.782. The first kappa shape index (κ1) is 11.9. The molecule has 0 radical (unpaired) electrons. The number of aromatic nitrogens is 2. The average molecular weight is 255 g/mol. The van der Waals surface area contributed by atoms with E-state index in [0.29, 0.717) is 24.0 Å². The Morgan fingerprint density at radius 1 is 1.05 bits per heavy atom. The van der Waals surface area contributed by atoms with E-state index in [4.69, 9.17) is 5.73 Å². The van der Waals surface area contributed by atoms with Gasteiger partial charge in [-0.1, -0.05) is 24.3 Å². The van der Waals surface area contributed by atoms with Crippen LogP contribution in [-0.4, -0.2) is 16.1 Å². The molecule has 2 N–H and O–H groups in total. The Hall–Kier alpha value is -2.20. The monoisotopic (exact) mass is 255 g/mol. The number of para-hydroxylation sites is 2. The lowest BCUT2D eigenvalue weighted by molar-refractivity contribution is 0.633. The van der Waals surface area contributed by atoms with Crippen LogP contribution in [0.15, 0.2) is 48.5 Å². The van der Waals surface area contributed by atoms with Crippen molar-refractivity contribution in [2.24, 2.45) is 5.73 Å². The van der Waals surface area contributed by atoms with Crippen molar-refractivity contribution in [2.75, 3.05) is 6.54 Å². The first-order valence-corrected chi connectivity index (χ1v) is 6.22. The van der Waals surface area contributed by atoms with Crippen LogP contribution in [0.2, 0.25) is 0 Å². The number of imidazole rings is 1. The lowest BCUT2D eigenvalue weighted by atomic mass is 10.2. The molecule has 3 nitrogen and oxygen atoms in total. The molecular weight excluding hydrogens is 241 g/mol. The molecule has 0 unspecified atom stereocenters. The molecule has 96 valence electrons. The minimum Gasteiger partial charge on any atom is -0.330 e. The Bertz CT molecular complexity index is 704.